The lowest BCUT2D eigenvalue weighted by Crippen LogP contribution is -2.19. The van der Waals surface area contributed by atoms with Crippen molar-refractivity contribution in [2.75, 3.05) is 22.1 Å². The lowest BCUT2D eigenvalue weighted by molar-refractivity contribution is 0.262. The molecule has 0 heterocycles. The van der Waals surface area contributed by atoms with E-state index in [1.807, 2.05) is 0 Å². The highest BCUT2D eigenvalue weighted by atomic mass is 32.2. The number of carbonyl (C=O) groups is 1. The molecule has 0 aliphatic carbocycles. The first-order valence-electron chi connectivity index (χ1n) is 14.7. The van der Waals surface area contributed by atoms with Crippen molar-refractivity contribution in [2.45, 2.75) is 9.79 Å². The Morgan fingerprint density at radius 2 is 0.962 bits per heavy atom. The molecule has 0 aromatic heterocycles. The molecule has 0 aliphatic rings. The van der Waals surface area contributed by atoms with E-state index in [0.29, 0.717) is 11.4 Å². The van der Waals surface area contributed by atoms with Crippen LogP contribution in [-0.4, -0.2) is 42.2 Å². The number of nitrogens with two attached hydrogens (primary N) is 2. The quantitative estimate of drug-likeness (QED) is 0.0428. The first kappa shape index (κ1) is 35.2. The van der Waals surface area contributed by atoms with Gasteiger partial charge in [0.2, 0.25) is 0 Å². The molecule has 6 aromatic carbocycles. The summed E-state index contributed by atoms with van der Waals surface area (Å²) in [5.74, 6) is -1.21. The fourth-order valence-electron chi connectivity index (χ4n) is 5.13. The smallest absolute Gasteiger partial charge is 0.323 e. The normalized spacial score (nSPS) is 12.2. The van der Waals surface area contributed by atoms with Crippen molar-refractivity contribution in [1.82, 2.24) is 0 Å². The van der Waals surface area contributed by atoms with Crippen LogP contribution in [0.3, 0.4) is 0 Å². The number of urea groups is 1. The minimum Gasteiger partial charge on any atom is -0.505 e. The summed E-state index contributed by atoms with van der Waals surface area (Å²) in [5, 5.41) is 43.0. The van der Waals surface area contributed by atoms with Gasteiger partial charge in [0.25, 0.3) is 20.2 Å². The first-order valence-corrected chi connectivity index (χ1v) is 17.6. The van der Waals surface area contributed by atoms with Gasteiger partial charge in [0.1, 0.15) is 21.2 Å². The zero-order chi connectivity index (χ0) is 37.4. The van der Waals surface area contributed by atoms with E-state index < -0.39 is 58.9 Å². The van der Waals surface area contributed by atoms with Crippen molar-refractivity contribution in [2.24, 2.45) is 20.5 Å². The van der Waals surface area contributed by atoms with Crippen LogP contribution in [0.15, 0.2) is 127 Å². The molecule has 0 unspecified atom stereocenters. The predicted octanol–water partition coefficient (Wildman–Crippen LogP) is 7.54. The number of nitrogens with one attached hydrogen (secondary N) is 2. The second kappa shape index (κ2) is 13.6. The van der Waals surface area contributed by atoms with Crippen molar-refractivity contribution in [1.29, 1.82) is 0 Å². The number of phenols is 2. The number of carbonyl (C=O) groups excluding carboxylic acids is 1. The second-order valence-electron chi connectivity index (χ2n) is 11.1. The Kier molecular flexibility index (Phi) is 9.17. The van der Waals surface area contributed by atoms with E-state index in [-0.39, 0.29) is 44.3 Å². The standard InChI is InChI=1S/C33H26N8O9S2/c34-19-3-1-5-23(15-19)38-40-29-27(51(45,46)47)13-17-11-21(7-9-25(17)31(29)42)36-33(44)37-22-8-10-26-18(12-22)14-28(52(48,49)50)30(32(26)43)41-39-24-6-2-4-20(35)16-24/h1-16,42-43H,34-35H2,(H2,36,37,44)(H,45,46,47)(H,48,49,50). The molecule has 0 atom stereocenters. The molecular formula is C33H26N8O9S2. The van der Waals surface area contributed by atoms with Gasteiger partial charge in [-0.2, -0.15) is 27.1 Å². The van der Waals surface area contributed by atoms with Crippen molar-refractivity contribution in [3.63, 3.8) is 0 Å². The molecule has 2 amide bonds. The lowest BCUT2D eigenvalue weighted by Gasteiger charge is -2.13. The molecule has 6 aromatic rings. The van der Waals surface area contributed by atoms with Crippen LogP contribution in [-0.2, 0) is 20.2 Å². The molecule has 0 spiro atoms. The van der Waals surface area contributed by atoms with Crippen molar-refractivity contribution < 1.29 is 40.9 Å². The Hall–Kier alpha value is -6.67. The molecule has 17 nitrogen and oxygen atoms in total. The van der Waals surface area contributed by atoms with E-state index in [4.69, 9.17) is 11.5 Å². The van der Waals surface area contributed by atoms with Crippen LogP contribution in [0.25, 0.3) is 21.5 Å². The molecule has 10 N–H and O–H groups in total. The van der Waals surface area contributed by atoms with Gasteiger partial charge in [0.15, 0.2) is 11.5 Å². The Balaban J connectivity index is 1.28. The van der Waals surface area contributed by atoms with Gasteiger partial charge in [0, 0.05) is 33.5 Å². The zero-order valence-electron chi connectivity index (χ0n) is 26.3. The van der Waals surface area contributed by atoms with E-state index in [1.165, 1.54) is 48.5 Å². The van der Waals surface area contributed by atoms with Gasteiger partial charge in [-0.1, -0.05) is 12.1 Å². The maximum absolute atomic E-state index is 13.0. The third-order valence-electron chi connectivity index (χ3n) is 7.44. The van der Waals surface area contributed by atoms with Crippen LogP contribution in [0.1, 0.15) is 0 Å². The summed E-state index contributed by atoms with van der Waals surface area (Å²) in [6, 6.07) is 21.9. The van der Waals surface area contributed by atoms with E-state index in [9.17, 15) is 40.9 Å². The van der Waals surface area contributed by atoms with E-state index >= 15 is 0 Å². The highest BCUT2D eigenvalue weighted by Gasteiger charge is 2.24. The van der Waals surface area contributed by atoms with Gasteiger partial charge in [0.05, 0.1) is 11.4 Å². The number of benzene rings is 6. The van der Waals surface area contributed by atoms with Crippen molar-refractivity contribution >= 4 is 93.3 Å². The van der Waals surface area contributed by atoms with E-state index in [0.717, 1.165) is 12.1 Å². The SMILES string of the molecule is Nc1cccc(N=Nc2c(S(=O)(=O)O)cc3cc(NC(=O)Nc4ccc5c(O)c(N=Nc6cccc(N)c6)c(S(=O)(=O)O)cc5c4)ccc3c2O)c1. The lowest BCUT2D eigenvalue weighted by atomic mass is 10.1. The van der Waals surface area contributed by atoms with Crippen molar-refractivity contribution in [3.05, 3.63) is 97.1 Å². The Morgan fingerprint density at radius 3 is 1.33 bits per heavy atom. The van der Waals surface area contributed by atoms with Crippen LogP contribution in [0.4, 0.5) is 50.3 Å². The molecule has 52 heavy (non-hydrogen) atoms. The fraction of sp³-hybridized carbons (Fsp3) is 0. The molecule has 6 rings (SSSR count). The second-order valence-corrected chi connectivity index (χ2v) is 13.9. The van der Waals surface area contributed by atoms with Gasteiger partial charge in [-0.3, -0.25) is 9.11 Å². The minimum atomic E-state index is -4.92. The summed E-state index contributed by atoms with van der Waals surface area (Å²) in [5.41, 5.74) is 12.0. The highest BCUT2D eigenvalue weighted by Crippen LogP contribution is 2.43. The van der Waals surface area contributed by atoms with Crippen molar-refractivity contribution in [3.8, 4) is 11.5 Å². The number of nitrogen functional groups attached to an aromatic ring is 2. The number of nitrogens with zero attached hydrogens (tertiary/aromatic N) is 4. The molecular weight excluding hydrogens is 717 g/mol. The molecule has 0 aliphatic heterocycles. The third kappa shape index (κ3) is 7.56. The first-order chi connectivity index (χ1) is 24.6. The number of anilines is 4. The number of amides is 2. The number of phenolic OH excluding ortho intramolecular Hbond substituents is 2. The third-order valence-corrected chi connectivity index (χ3v) is 9.18. The minimum absolute atomic E-state index is 0.105. The Bertz CT molecular complexity index is 2540. The summed E-state index contributed by atoms with van der Waals surface area (Å²) < 4.78 is 68.9. The largest absolute Gasteiger partial charge is 0.505 e. The monoisotopic (exact) mass is 742 g/mol. The average Bonchev–Trinajstić information content (AvgIpc) is 3.06. The maximum atomic E-state index is 13.0. The van der Waals surface area contributed by atoms with Gasteiger partial charge in [-0.15, -0.1) is 10.2 Å². The van der Waals surface area contributed by atoms with Gasteiger partial charge >= 0.3 is 6.03 Å². The maximum Gasteiger partial charge on any atom is 0.323 e. The van der Waals surface area contributed by atoms with E-state index in [1.54, 1.807) is 36.4 Å². The van der Waals surface area contributed by atoms with Crippen LogP contribution in [0, 0.1) is 0 Å². The van der Waals surface area contributed by atoms with E-state index in [2.05, 4.69) is 31.1 Å². The summed E-state index contributed by atoms with van der Waals surface area (Å²) in [6.45, 7) is 0. The zero-order valence-corrected chi connectivity index (χ0v) is 28.0. The summed E-state index contributed by atoms with van der Waals surface area (Å²) in [6.07, 6.45) is 0. The topological polar surface area (TPSA) is 292 Å². The summed E-state index contributed by atoms with van der Waals surface area (Å²) >= 11 is 0. The van der Waals surface area contributed by atoms with Gasteiger partial charge < -0.3 is 32.3 Å². The Morgan fingerprint density at radius 1 is 0.558 bits per heavy atom. The average molecular weight is 743 g/mol. The van der Waals surface area contributed by atoms with Crippen LogP contribution in [0.5, 0.6) is 11.5 Å². The molecule has 0 bridgehead atoms. The summed E-state index contributed by atoms with van der Waals surface area (Å²) in [7, 11) is -9.83. The summed E-state index contributed by atoms with van der Waals surface area (Å²) in [4.78, 5) is 11.5. The van der Waals surface area contributed by atoms with Crippen LogP contribution < -0.4 is 22.1 Å². The van der Waals surface area contributed by atoms with Gasteiger partial charge in [-0.05, 0) is 95.7 Å². The molecule has 0 fully saturated rings. The number of aromatic hydroxyl groups is 2. The van der Waals surface area contributed by atoms with Crippen LogP contribution in [0.2, 0.25) is 0 Å². The van der Waals surface area contributed by atoms with Crippen LogP contribution >= 0.6 is 0 Å². The number of hydrogen-bond donors (Lipinski definition) is 8. The predicted molar refractivity (Wildman–Crippen MR) is 194 cm³/mol. The highest BCUT2D eigenvalue weighted by molar-refractivity contribution is 7.86. The Labute approximate surface area is 294 Å². The molecule has 0 radical (unpaired) electrons. The number of hydrogen-bond acceptors (Lipinski definition) is 13. The number of fused-ring (bicyclic) bond motifs is 2. The number of azo groups is 2. The molecule has 264 valence electrons. The molecule has 0 saturated carbocycles. The fourth-order valence-corrected chi connectivity index (χ4v) is 6.44. The van der Waals surface area contributed by atoms with Gasteiger partial charge in [-0.25, -0.2) is 4.79 Å². The number of rotatable bonds is 8. The molecule has 0 saturated heterocycles. The molecule has 19 heteroatoms.